The highest BCUT2D eigenvalue weighted by molar-refractivity contribution is 6.05. The summed E-state index contributed by atoms with van der Waals surface area (Å²) in [6.45, 7) is 4.55. The van der Waals surface area contributed by atoms with Crippen molar-refractivity contribution in [2.45, 2.75) is 82.4 Å². The molecule has 1 unspecified atom stereocenters. The SMILES string of the molecule is CC1(Oc2ccc3[nH]nc(-c4cc(N5CCC(CCN6CCC7(CN(c8ccc9c(c8F)CN(C8CCC(=O)NC8=O)C9=O)C7)C(F)(F)C6)CC5)ncn4)c3c2)CC1. The van der Waals surface area contributed by atoms with Crippen molar-refractivity contribution in [1.29, 1.82) is 0 Å². The molecule has 2 N–H and O–H groups in total. The van der Waals surface area contributed by atoms with E-state index in [-0.39, 0.29) is 61.4 Å². The second kappa shape index (κ2) is 13.7. The van der Waals surface area contributed by atoms with Gasteiger partial charge in [-0.2, -0.15) is 5.10 Å². The van der Waals surface area contributed by atoms with Crippen molar-refractivity contribution >= 4 is 40.1 Å². The quantitative estimate of drug-likeness (QED) is 0.215. The molecule has 10 rings (SSSR count). The summed E-state index contributed by atoms with van der Waals surface area (Å²) in [6.07, 6.45) is 7.00. The number of anilines is 2. The largest absolute Gasteiger partial charge is 0.488 e. The van der Waals surface area contributed by atoms with Gasteiger partial charge in [-0.05, 0) is 101 Å². The number of hydrogen-bond donors (Lipinski definition) is 2. The number of H-pyrrole nitrogens is 1. The molecule has 16 heteroatoms. The molecule has 4 aromatic rings. The zero-order valence-electron chi connectivity index (χ0n) is 32.4. The molecule has 3 amide bonds. The molecule has 0 bridgehead atoms. The molecular formula is C42H46F3N9O4. The topological polar surface area (TPSA) is 140 Å². The average molecular weight is 798 g/mol. The first-order valence-corrected chi connectivity index (χ1v) is 20.4. The fourth-order valence-electron chi connectivity index (χ4n) is 9.63. The number of alkyl halides is 2. The van der Waals surface area contributed by atoms with Gasteiger partial charge in [0.2, 0.25) is 11.8 Å². The summed E-state index contributed by atoms with van der Waals surface area (Å²) in [5.41, 5.74) is 1.60. The smallest absolute Gasteiger partial charge is 0.269 e. The van der Waals surface area contributed by atoms with E-state index in [9.17, 15) is 14.4 Å². The third kappa shape index (κ3) is 6.43. The first-order chi connectivity index (χ1) is 27.9. The predicted molar refractivity (Wildman–Crippen MR) is 208 cm³/mol. The van der Waals surface area contributed by atoms with Gasteiger partial charge in [-0.1, -0.05) is 0 Å². The maximum absolute atomic E-state index is 15.9. The lowest BCUT2D eigenvalue weighted by molar-refractivity contribution is -0.180. The Kier molecular flexibility index (Phi) is 8.73. The predicted octanol–water partition coefficient (Wildman–Crippen LogP) is 5.31. The van der Waals surface area contributed by atoms with E-state index >= 15 is 13.2 Å². The Labute approximate surface area is 333 Å². The number of nitrogens with one attached hydrogen (secondary N) is 2. The van der Waals surface area contributed by atoms with E-state index < -0.39 is 40.9 Å². The molecule has 13 nitrogen and oxygen atoms in total. The van der Waals surface area contributed by atoms with Gasteiger partial charge in [0.1, 0.15) is 35.2 Å². The fourth-order valence-corrected chi connectivity index (χ4v) is 9.63. The summed E-state index contributed by atoms with van der Waals surface area (Å²) in [4.78, 5) is 53.4. The fraction of sp³-hybridized carbons (Fsp3) is 0.524. The number of carbonyl (C=O) groups is 3. The maximum Gasteiger partial charge on any atom is 0.269 e. The Bertz CT molecular complexity index is 2320. The normalized spacial score (nSPS) is 24.0. The summed E-state index contributed by atoms with van der Waals surface area (Å²) >= 11 is 0. The van der Waals surface area contributed by atoms with Crippen LogP contribution in [-0.4, -0.2) is 111 Å². The van der Waals surface area contributed by atoms with Crippen molar-refractivity contribution in [3.8, 4) is 17.1 Å². The van der Waals surface area contributed by atoms with Gasteiger partial charge in [-0.25, -0.2) is 23.1 Å². The number of piperidine rings is 3. The van der Waals surface area contributed by atoms with Gasteiger partial charge in [0, 0.05) is 55.2 Å². The van der Waals surface area contributed by atoms with E-state index in [4.69, 9.17) is 4.74 Å². The number of rotatable bonds is 9. The van der Waals surface area contributed by atoms with E-state index in [1.54, 1.807) is 11.2 Å². The number of aromatic amines is 1. The van der Waals surface area contributed by atoms with Gasteiger partial charge in [-0.3, -0.25) is 29.7 Å². The molecule has 1 atom stereocenters. The van der Waals surface area contributed by atoms with Crippen molar-refractivity contribution in [3.05, 3.63) is 59.7 Å². The molecule has 58 heavy (non-hydrogen) atoms. The number of fused-ring (bicyclic) bond motifs is 2. The van der Waals surface area contributed by atoms with Crippen molar-refractivity contribution < 1.29 is 32.3 Å². The van der Waals surface area contributed by atoms with Gasteiger partial charge in [-0.15, -0.1) is 0 Å². The molecule has 1 spiro atoms. The number of amides is 3. The summed E-state index contributed by atoms with van der Waals surface area (Å²) in [5.74, 6) is -2.91. The Morgan fingerprint density at radius 3 is 2.50 bits per heavy atom. The van der Waals surface area contributed by atoms with Gasteiger partial charge in [0.05, 0.1) is 35.4 Å². The standard InChI is InChI=1S/C42H46F3N9O4/c1-40(11-12-40)58-26-2-4-30-28(18-26)37(50-49-30)31-19-34(47-24-46-31)52-15-9-25(10-16-52)8-14-51-17-13-41(42(44,45)23-51)21-53(22-41)32-5-3-27-29(36(32)43)20-54(39(27)57)33-6-7-35(55)48-38(33)56/h2-5,18-19,24-25,33H,6-17,20-23H2,1H3,(H,49,50)(H,48,55,56). The van der Waals surface area contributed by atoms with Crippen molar-refractivity contribution in [2.75, 3.05) is 55.6 Å². The third-order valence-electron chi connectivity index (χ3n) is 13.6. The van der Waals surface area contributed by atoms with Crippen LogP contribution >= 0.6 is 0 Å². The van der Waals surface area contributed by atoms with Crippen LogP contribution in [0.1, 0.15) is 74.2 Å². The van der Waals surface area contributed by atoms with E-state index in [1.807, 2.05) is 29.2 Å². The molecule has 5 fully saturated rings. The van der Waals surface area contributed by atoms with Crippen LogP contribution in [0.3, 0.4) is 0 Å². The van der Waals surface area contributed by atoms with Crippen molar-refractivity contribution in [1.82, 2.24) is 35.3 Å². The van der Waals surface area contributed by atoms with Crippen LogP contribution in [0.2, 0.25) is 0 Å². The van der Waals surface area contributed by atoms with Gasteiger partial charge < -0.3 is 19.4 Å². The minimum atomic E-state index is -2.94. The molecule has 0 radical (unpaired) electrons. The Morgan fingerprint density at radius 2 is 1.74 bits per heavy atom. The number of aromatic nitrogens is 4. The highest BCUT2D eigenvalue weighted by Crippen LogP contribution is 2.52. The zero-order chi connectivity index (χ0) is 40.0. The summed E-state index contributed by atoms with van der Waals surface area (Å²) in [6, 6.07) is 10.1. The molecule has 4 saturated heterocycles. The van der Waals surface area contributed by atoms with E-state index in [1.165, 1.54) is 17.0 Å². The molecular weight excluding hydrogens is 752 g/mol. The third-order valence-corrected chi connectivity index (χ3v) is 13.6. The van der Waals surface area contributed by atoms with Gasteiger partial charge in [0.25, 0.3) is 11.8 Å². The number of nitrogens with zero attached hydrogens (tertiary/aromatic N) is 7. The Balaban J connectivity index is 0.716. The molecule has 2 aromatic carbocycles. The van der Waals surface area contributed by atoms with Crippen molar-refractivity contribution in [3.63, 3.8) is 0 Å². The highest BCUT2D eigenvalue weighted by Gasteiger charge is 2.63. The number of imide groups is 1. The molecule has 7 heterocycles. The molecule has 1 aliphatic carbocycles. The average Bonchev–Trinajstić information content (AvgIpc) is 3.60. The number of carbonyl (C=O) groups excluding carboxylic acids is 3. The molecule has 2 aromatic heterocycles. The van der Waals surface area contributed by atoms with Gasteiger partial charge in [0.15, 0.2) is 5.82 Å². The van der Waals surface area contributed by atoms with Crippen molar-refractivity contribution in [2.24, 2.45) is 11.3 Å². The summed E-state index contributed by atoms with van der Waals surface area (Å²) in [7, 11) is 0. The Hall–Kier alpha value is -5.25. The van der Waals surface area contributed by atoms with Crippen LogP contribution in [0.5, 0.6) is 5.75 Å². The van der Waals surface area contributed by atoms with E-state index in [2.05, 4.69) is 37.3 Å². The van der Waals surface area contributed by atoms with Crippen LogP contribution in [0, 0.1) is 17.2 Å². The first-order valence-electron chi connectivity index (χ1n) is 20.4. The first kappa shape index (κ1) is 37.0. The van der Waals surface area contributed by atoms with Crippen LogP contribution in [0.4, 0.5) is 24.7 Å². The lowest BCUT2D eigenvalue weighted by Crippen LogP contribution is -2.70. The summed E-state index contributed by atoms with van der Waals surface area (Å²) in [5, 5.41) is 10.9. The van der Waals surface area contributed by atoms with Crippen LogP contribution in [0.25, 0.3) is 22.3 Å². The van der Waals surface area contributed by atoms with Crippen LogP contribution in [0.15, 0.2) is 42.7 Å². The minimum Gasteiger partial charge on any atom is -0.488 e. The van der Waals surface area contributed by atoms with Crippen LogP contribution in [-0.2, 0) is 16.1 Å². The lowest BCUT2D eigenvalue weighted by atomic mass is 9.68. The highest BCUT2D eigenvalue weighted by atomic mass is 19.3. The second-order valence-corrected chi connectivity index (χ2v) is 17.5. The zero-order valence-corrected chi connectivity index (χ0v) is 32.4. The number of ether oxygens (including phenoxy) is 1. The second-order valence-electron chi connectivity index (χ2n) is 17.5. The summed E-state index contributed by atoms with van der Waals surface area (Å²) < 4.78 is 54.0. The molecule has 6 aliphatic rings. The minimum absolute atomic E-state index is 0.0306. The molecule has 304 valence electrons. The number of benzene rings is 2. The number of hydrogen-bond acceptors (Lipinski definition) is 10. The van der Waals surface area contributed by atoms with E-state index in [0.717, 1.165) is 79.1 Å². The number of halogens is 3. The van der Waals surface area contributed by atoms with Crippen LogP contribution < -0.4 is 19.9 Å². The van der Waals surface area contributed by atoms with E-state index in [0.29, 0.717) is 25.4 Å². The monoisotopic (exact) mass is 797 g/mol. The Morgan fingerprint density at radius 1 is 0.931 bits per heavy atom. The maximum atomic E-state index is 15.9. The van der Waals surface area contributed by atoms with Gasteiger partial charge >= 0.3 is 0 Å². The number of likely N-dealkylation sites (tertiary alicyclic amines) is 1. The lowest BCUT2D eigenvalue weighted by Gasteiger charge is -2.58. The molecule has 5 aliphatic heterocycles. The molecule has 1 saturated carbocycles.